The van der Waals surface area contributed by atoms with Crippen molar-refractivity contribution in [3.05, 3.63) is 0 Å². The highest BCUT2D eigenvalue weighted by Crippen LogP contribution is 2.33. The van der Waals surface area contributed by atoms with E-state index in [4.69, 9.17) is 0 Å². The van der Waals surface area contributed by atoms with Crippen molar-refractivity contribution in [3.8, 4) is 0 Å². The number of amides is 1. The second-order valence-electron chi connectivity index (χ2n) is 5.51. The van der Waals surface area contributed by atoms with Gasteiger partial charge in [0.05, 0.1) is 12.7 Å². The number of nitrogens with one attached hydrogen (secondary N) is 1. The predicted molar refractivity (Wildman–Crippen MR) is 69.6 cm³/mol. The quantitative estimate of drug-likeness (QED) is 0.816. The minimum Gasteiger partial charge on any atom is -0.323 e. The van der Waals surface area contributed by atoms with Crippen molar-refractivity contribution >= 4 is 5.91 Å². The molecule has 0 aromatic rings. The Kier molecular flexibility index (Phi) is 4.43. The molecule has 1 N–H and O–H groups in total. The molecule has 3 unspecified atom stereocenters. The lowest BCUT2D eigenvalue weighted by atomic mass is 9.81. The van der Waals surface area contributed by atoms with Crippen LogP contribution in [0.3, 0.4) is 0 Å². The van der Waals surface area contributed by atoms with Gasteiger partial charge in [0.2, 0.25) is 5.91 Å². The van der Waals surface area contributed by atoms with Gasteiger partial charge in [-0.1, -0.05) is 39.5 Å². The third kappa shape index (κ3) is 2.65. The topological polar surface area (TPSA) is 32.3 Å². The van der Waals surface area contributed by atoms with Crippen molar-refractivity contribution in [2.24, 2.45) is 5.92 Å². The van der Waals surface area contributed by atoms with Crippen LogP contribution in [0.15, 0.2) is 0 Å². The van der Waals surface area contributed by atoms with Crippen LogP contribution in [0.1, 0.15) is 58.8 Å². The Labute approximate surface area is 105 Å². The van der Waals surface area contributed by atoms with E-state index in [0.717, 1.165) is 18.8 Å². The molecule has 2 fully saturated rings. The smallest absolute Gasteiger partial charge is 0.238 e. The second kappa shape index (κ2) is 5.85. The van der Waals surface area contributed by atoms with E-state index in [1.54, 1.807) is 0 Å². The highest BCUT2D eigenvalue weighted by atomic mass is 16.2. The normalized spacial score (nSPS) is 34.4. The summed E-state index contributed by atoms with van der Waals surface area (Å²) in [4.78, 5) is 14.3. The number of rotatable bonds is 4. The van der Waals surface area contributed by atoms with Gasteiger partial charge >= 0.3 is 0 Å². The first-order valence-corrected chi connectivity index (χ1v) is 7.32. The molecule has 3 heteroatoms. The fourth-order valence-corrected chi connectivity index (χ4v) is 3.53. The molecular formula is C14H26N2O. The van der Waals surface area contributed by atoms with Crippen LogP contribution in [-0.2, 0) is 4.79 Å². The van der Waals surface area contributed by atoms with Crippen molar-refractivity contribution in [3.63, 3.8) is 0 Å². The van der Waals surface area contributed by atoms with Crippen molar-refractivity contribution in [1.29, 1.82) is 0 Å². The van der Waals surface area contributed by atoms with E-state index in [9.17, 15) is 4.79 Å². The molecule has 0 bridgehead atoms. The van der Waals surface area contributed by atoms with Gasteiger partial charge in [-0.05, 0) is 25.2 Å². The molecule has 0 radical (unpaired) electrons. The maximum atomic E-state index is 12.1. The molecule has 1 amide bonds. The van der Waals surface area contributed by atoms with Crippen LogP contribution in [0, 0.1) is 5.92 Å². The summed E-state index contributed by atoms with van der Waals surface area (Å²) < 4.78 is 0. The summed E-state index contributed by atoms with van der Waals surface area (Å²) >= 11 is 0. The molecule has 2 rings (SSSR count). The van der Waals surface area contributed by atoms with Gasteiger partial charge in [0.1, 0.15) is 0 Å². The molecule has 3 nitrogen and oxygen atoms in total. The summed E-state index contributed by atoms with van der Waals surface area (Å²) in [6.45, 7) is 5.02. The fraction of sp³-hybridized carbons (Fsp3) is 0.929. The molecule has 1 aliphatic carbocycles. The van der Waals surface area contributed by atoms with Crippen LogP contribution < -0.4 is 5.32 Å². The van der Waals surface area contributed by atoms with Crippen LogP contribution in [0.5, 0.6) is 0 Å². The molecule has 1 saturated carbocycles. The second-order valence-corrected chi connectivity index (χ2v) is 5.51. The number of carbonyl (C=O) groups excluding carboxylic acids is 1. The van der Waals surface area contributed by atoms with Gasteiger partial charge in [-0.3, -0.25) is 10.1 Å². The number of carbonyl (C=O) groups is 1. The van der Waals surface area contributed by atoms with E-state index >= 15 is 0 Å². The fourth-order valence-electron chi connectivity index (χ4n) is 3.53. The van der Waals surface area contributed by atoms with Gasteiger partial charge in [-0.15, -0.1) is 0 Å². The van der Waals surface area contributed by atoms with Crippen LogP contribution in [0.2, 0.25) is 0 Å². The zero-order valence-electron chi connectivity index (χ0n) is 11.2. The Bertz CT molecular complexity index is 267. The standard InChI is InChI=1S/C14H26N2O/c1-3-7-13-15-10-14(17)16(13)12-9-6-5-8-11(12)4-2/h11-13,15H,3-10H2,1-2H3. The van der Waals surface area contributed by atoms with Crippen LogP contribution in [-0.4, -0.2) is 29.6 Å². The third-order valence-corrected chi connectivity index (χ3v) is 4.43. The van der Waals surface area contributed by atoms with Gasteiger partial charge in [0.25, 0.3) is 0 Å². The van der Waals surface area contributed by atoms with E-state index in [0.29, 0.717) is 24.7 Å². The molecule has 0 aromatic heterocycles. The van der Waals surface area contributed by atoms with Crippen molar-refractivity contribution in [1.82, 2.24) is 10.2 Å². The van der Waals surface area contributed by atoms with Crippen molar-refractivity contribution in [2.45, 2.75) is 71.0 Å². The lowest BCUT2D eigenvalue weighted by Gasteiger charge is -2.40. The van der Waals surface area contributed by atoms with Gasteiger partial charge in [-0.25, -0.2) is 0 Å². The first kappa shape index (κ1) is 12.9. The third-order valence-electron chi connectivity index (χ3n) is 4.43. The van der Waals surface area contributed by atoms with E-state index in [2.05, 4.69) is 24.1 Å². The van der Waals surface area contributed by atoms with Gasteiger partial charge < -0.3 is 4.90 Å². The van der Waals surface area contributed by atoms with Crippen LogP contribution in [0.4, 0.5) is 0 Å². The minimum atomic E-state index is 0.310. The molecule has 1 heterocycles. The molecule has 3 atom stereocenters. The SMILES string of the molecule is CCCC1NCC(=O)N1C1CCCCC1CC. The largest absolute Gasteiger partial charge is 0.323 e. The lowest BCUT2D eigenvalue weighted by Crippen LogP contribution is -2.49. The van der Waals surface area contributed by atoms with Crippen LogP contribution >= 0.6 is 0 Å². The Hall–Kier alpha value is -0.570. The summed E-state index contributed by atoms with van der Waals surface area (Å²) in [6.07, 6.45) is 8.93. The Morgan fingerprint density at radius 2 is 2.06 bits per heavy atom. The first-order valence-electron chi connectivity index (χ1n) is 7.32. The zero-order valence-corrected chi connectivity index (χ0v) is 11.2. The molecule has 1 aliphatic heterocycles. The van der Waals surface area contributed by atoms with Gasteiger partial charge in [-0.2, -0.15) is 0 Å². The van der Waals surface area contributed by atoms with E-state index in [1.165, 1.54) is 32.1 Å². The van der Waals surface area contributed by atoms with Gasteiger partial charge in [0.15, 0.2) is 0 Å². The zero-order chi connectivity index (χ0) is 12.3. The van der Waals surface area contributed by atoms with Crippen LogP contribution in [0.25, 0.3) is 0 Å². The molecule has 1 saturated heterocycles. The van der Waals surface area contributed by atoms with Crippen molar-refractivity contribution < 1.29 is 4.79 Å². The summed E-state index contributed by atoms with van der Waals surface area (Å²) in [5.74, 6) is 1.06. The van der Waals surface area contributed by atoms with E-state index < -0.39 is 0 Å². The molecule has 98 valence electrons. The minimum absolute atomic E-state index is 0.310. The molecule has 17 heavy (non-hydrogen) atoms. The highest BCUT2D eigenvalue weighted by molar-refractivity contribution is 5.81. The molecular weight excluding hydrogens is 212 g/mol. The predicted octanol–water partition coefficient (Wildman–Crippen LogP) is 2.51. The van der Waals surface area contributed by atoms with E-state index in [1.807, 2.05) is 0 Å². The summed E-state index contributed by atoms with van der Waals surface area (Å²) in [5, 5.41) is 3.38. The Morgan fingerprint density at radius 3 is 2.76 bits per heavy atom. The maximum absolute atomic E-state index is 12.1. The first-order chi connectivity index (χ1) is 8.27. The molecule has 0 aromatic carbocycles. The van der Waals surface area contributed by atoms with E-state index in [-0.39, 0.29) is 0 Å². The average molecular weight is 238 g/mol. The Morgan fingerprint density at radius 1 is 1.29 bits per heavy atom. The summed E-state index contributed by atoms with van der Waals surface area (Å²) in [5.41, 5.74) is 0. The summed E-state index contributed by atoms with van der Waals surface area (Å²) in [7, 11) is 0. The monoisotopic (exact) mass is 238 g/mol. The highest BCUT2D eigenvalue weighted by Gasteiger charge is 2.39. The van der Waals surface area contributed by atoms with Crippen molar-refractivity contribution in [2.75, 3.05) is 6.54 Å². The molecule has 2 aliphatic rings. The molecule has 0 spiro atoms. The lowest BCUT2D eigenvalue weighted by molar-refractivity contribution is -0.132. The summed E-state index contributed by atoms with van der Waals surface area (Å²) in [6, 6.07) is 0.507. The number of hydrogen-bond acceptors (Lipinski definition) is 2. The van der Waals surface area contributed by atoms with Gasteiger partial charge in [0, 0.05) is 6.04 Å². The Balaban J connectivity index is 2.08. The average Bonchev–Trinajstić information content (AvgIpc) is 2.71. The number of nitrogens with zero attached hydrogens (tertiary/aromatic N) is 1. The maximum Gasteiger partial charge on any atom is 0.238 e. The number of hydrogen-bond donors (Lipinski definition) is 1.